The van der Waals surface area contributed by atoms with E-state index in [0.29, 0.717) is 12.6 Å². The van der Waals surface area contributed by atoms with Gasteiger partial charge >= 0.3 is 0 Å². The Morgan fingerprint density at radius 1 is 0.925 bits per heavy atom. The molecule has 6 rings (SSSR count). The fraction of sp³-hybridized carbons (Fsp3) is 0.235. The number of aromatic nitrogens is 4. The summed E-state index contributed by atoms with van der Waals surface area (Å²) >= 11 is 0. The van der Waals surface area contributed by atoms with Crippen molar-refractivity contribution in [3.05, 3.63) is 107 Å². The van der Waals surface area contributed by atoms with E-state index in [1.54, 1.807) is 13.3 Å². The number of H-pyrrole nitrogens is 1. The first-order valence-corrected chi connectivity index (χ1v) is 14.0. The summed E-state index contributed by atoms with van der Waals surface area (Å²) in [7, 11) is 1.69. The first-order chi connectivity index (χ1) is 19.7. The Balaban J connectivity index is 1.23. The first-order valence-electron chi connectivity index (χ1n) is 14.0. The van der Waals surface area contributed by atoms with Crippen LogP contribution in [0.25, 0.3) is 35.2 Å². The van der Waals surface area contributed by atoms with E-state index >= 15 is 0 Å². The van der Waals surface area contributed by atoms with E-state index in [-0.39, 0.29) is 0 Å². The number of nitrogens with zero attached hydrogens (tertiary/aromatic N) is 3. The van der Waals surface area contributed by atoms with Crippen molar-refractivity contribution in [2.45, 2.75) is 44.8 Å². The second-order valence-electron chi connectivity index (χ2n) is 10.2. The quantitative estimate of drug-likeness (QED) is 0.209. The van der Waals surface area contributed by atoms with Crippen molar-refractivity contribution in [2.75, 3.05) is 7.11 Å². The number of nitrogens with one attached hydrogen (secondary N) is 1. The molecule has 5 aromatic rings. The third-order valence-electron chi connectivity index (χ3n) is 7.48. The van der Waals surface area contributed by atoms with Gasteiger partial charge in [-0.2, -0.15) is 5.10 Å². The number of hydrogen-bond acceptors (Lipinski definition) is 4. The zero-order valence-corrected chi connectivity index (χ0v) is 22.8. The lowest BCUT2D eigenvalue weighted by molar-refractivity contribution is 0.299. The van der Waals surface area contributed by atoms with Gasteiger partial charge in [0.2, 0.25) is 0 Å². The smallest absolute Gasteiger partial charge is 0.130 e. The van der Waals surface area contributed by atoms with Gasteiger partial charge in [0.1, 0.15) is 18.1 Å². The van der Waals surface area contributed by atoms with Gasteiger partial charge in [0.25, 0.3) is 0 Å². The molecule has 6 heteroatoms. The number of methoxy groups -OCH3 is 1. The Hall–Kier alpha value is -4.58. The minimum absolute atomic E-state index is 0.412. The molecule has 3 heterocycles. The maximum Gasteiger partial charge on any atom is 0.130 e. The molecule has 0 saturated heterocycles. The van der Waals surface area contributed by atoms with Crippen molar-refractivity contribution in [3.63, 3.8) is 0 Å². The molecule has 0 unspecified atom stereocenters. The minimum Gasteiger partial charge on any atom is -0.496 e. The summed E-state index contributed by atoms with van der Waals surface area (Å²) in [5.74, 6) is 1.51. The van der Waals surface area contributed by atoms with Crippen LogP contribution in [0.2, 0.25) is 0 Å². The van der Waals surface area contributed by atoms with E-state index in [9.17, 15) is 0 Å². The van der Waals surface area contributed by atoms with Gasteiger partial charge in [-0.25, -0.2) is 0 Å². The van der Waals surface area contributed by atoms with Crippen molar-refractivity contribution in [3.8, 4) is 11.5 Å². The highest BCUT2D eigenvalue weighted by atomic mass is 16.5. The lowest BCUT2D eigenvalue weighted by Gasteiger charge is -2.23. The van der Waals surface area contributed by atoms with Gasteiger partial charge in [-0.05, 0) is 84.5 Å². The van der Waals surface area contributed by atoms with E-state index < -0.39 is 0 Å². The van der Waals surface area contributed by atoms with Crippen molar-refractivity contribution in [2.24, 2.45) is 0 Å². The number of hydrogen-bond donors (Lipinski definition) is 1. The maximum atomic E-state index is 5.95. The number of rotatable bonds is 9. The second-order valence-corrected chi connectivity index (χ2v) is 10.2. The van der Waals surface area contributed by atoms with Crippen LogP contribution in [0.1, 0.15) is 66.4 Å². The van der Waals surface area contributed by atoms with Gasteiger partial charge < -0.3 is 14.5 Å². The van der Waals surface area contributed by atoms with E-state index in [1.807, 2.05) is 42.6 Å². The third-order valence-corrected chi connectivity index (χ3v) is 7.48. The Kier molecular flexibility index (Phi) is 7.75. The first kappa shape index (κ1) is 25.7. The molecule has 1 saturated carbocycles. The van der Waals surface area contributed by atoms with Crippen LogP contribution in [0.4, 0.5) is 0 Å². The molecule has 1 N–H and O–H groups in total. The molecule has 0 radical (unpaired) electrons. The van der Waals surface area contributed by atoms with Gasteiger partial charge in [-0.3, -0.25) is 9.67 Å². The standard InChI is InChI=1S/C34H34N4O2/c1-39-34-23-32(40-24-29-7-5-6-19-35-29)17-14-27(34)13-16-31-22-28(37-38(31)30-8-3-2-4-9-30)15-11-25-10-12-26-18-20-36-33(26)21-25/h5-7,10-23,30,36H,2-4,8-9,24H2,1H3. The Morgan fingerprint density at radius 3 is 2.70 bits per heavy atom. The molecule has 0 amide bonds. The molecule has 1 aliphatic carbocycles. The van der Waals surface area contributed by atoms with E-state index in [2.05, 4.69) is 69.3 Å². The van der Waals surface area contributed by atoms with Crippen LogP contribution in [0.15, 0.2) is 79.1 Å². The van der Waals surface area contributed by atoms with Crippen LogP contribution in [-0.4, -0.2) is 26.9 Å². The van der Waals surface area contributed by atoms with Crippen LogP contribution in [0, 0.1) is 0 Å². The number of pyridine rings is 1. The molecule has 6 nitrogen and oxygen atoms in total. The van der Waals surface area contributed by atoms with Gasteiger partial charge in [-0.15, -0.1) is 0 Å². The van der Waals surface area contributed by atoms with E-state index in [0.717, 1.165) is 45.2 Å². The highest BCUT2D eigenvalue weighted by Gasteiger charge is 2.19. The van der Waals surface area contributed by atoms with E-state index in [1.165, 1.54) is 37.5 Å². The van der Waals surface area contributed by atoms with Gasteiger partial charge in [0.05, 0.1) is 30.2 Å². The zero-order valence-electron chi connectivity index (χ0n) is 22.8. The van der Waals surface area contributed by atoms with Crippen LogP contribution in [-0.2, 0) is 6.61 Å². The molecule has 0 aliphatic heterocycles. The summed E-state index contributed by atoms with van der Waals surface area (Å²) in [5.41, 5.74) is 6.22. The Labute approximate surface area is 235 Å². The van der Waals surface area contributed by atoms with Crippen molar-refractivity contribution in [1.29, 1.82) is 0 Å². The largest absolute Gasteiger partial charge is 0.496 e. The van der Waals surface area contributed by atoms with Gasteiger partial charge in [-0.1, -0.05) is 43.5 Å². The normalized spacial score (nSPS) is 14.4. The summed E-state index contributed by atoms with van der Waals surface area (Å²) in [5, 5.41) is 6.25. The molecule has 40 heavy (non-hydrogen) atoms. The van der Waals surface area contributed by atoms with Crippen molar-refractivity contribution in [1.82, 2.24) is 19.7 Å². The minimum atomic E-state index is 0.412. The molecule has 202 valence electrons. The summed E-state index contributed by atoms with van der Waals surface area (Å²) in [6.45, 7) is 0.412. The third kappa shape index (κ3) is 6.01. The molecule has 0 bridgehead atoms. The molecular weight excluding hydrogens is 496 g/mol. The summed E-state index contributed by atoms with van der Waals surface area (Å²) in [6, 6.07) is 22.9. The topological polar surface area (TPSA) is 65.0 Å². The summed E-state index contributed by atoms with van der Waals surface area (Å²) in [6.07, 6.45) is 18.4. The maximum absolute atomic E-state index is 5.95. The van der Waals surface area contributed by atoms with Crippen LogP contribution in [0.3, 0.4) is 0 Å². The van der Waals surface area contributed by atoms with Gasteiger partial charge in [0.15, 0.2) is 0 Å². The number of ether oxygens (including phenoxy) is 2. The molecule has 1 aliphatic rings. The second kappa shape index (κ2) is 12.1. The monoisotopic (exact) mass is 530 g/mol. The van der Waals surface area contributed by atoms with Crippen LogP contribution in [0.5, 0.6) is 11.5 Å². The SMILES string of the molecule is COc1cc(OCc2ccccn2)ccc1C=Cc1cc(C=Cc2ccc3cc[nH]c3c2)nn1C1CCCCC1. The predicted molar refractivity (Wildman–Crippen MR) is 162 cm³/mol. The fourth-order valence-corrected chi connectivity index (χ4v) is 5.34. The molecule has 3 aromatic heterocycles. The zero-order chi connectivity index (χ0) is 27.1. The fourth-order valence-electron chi connectivity index (χ4n) is 5.34. The lowest BCUT2D eigenvalue weighted by Crippen LogP contribution is -2.15. The average Bonchev–Trinajstić information content (AvgIpc) is 3.66. The van der Waals surface area contributed by atoms with Crippen molar-refractivity contribution >= 4 is 35.2 Å². The summed E-state index contributed by atoms with van der Waals surface area (Å²) < 4.78 is 13.9. The highest BCUT2D eigenvalue weighted by molar-refractivity contribution is 5.83. The average molecular weight is 531 g/mol. The molecule has 2 aromatic carbocycles. The Bertz CT molecular complexity index is 1620. The summed E-state index contributed by atoms with van der Waals surface area (Å²) in [4.78, 5) is 7.61. The molecule has 0 spiro atoms. The highest BCUT2D eigenvalue weighted by Crippen LogP contribution is 2.31. The predicted octanol–water partition coefficient (Wildman–Crippen LogP) is 8.19. The lowest BCUT2D eigenvalue weighted by atomic mass is 9.95. The molecular formula is C34H34N4O2. The van der Waals surface area contributed by atoms with Gasteiger partial charge in [0, 0.05) is 29.5 Å². The number of benzene rings is 2. The van der Waals surface area contributed by atoms with E-state index in [4.69, 9.17) is 14.6 Å². The Morgan fingerprint density at radius 2 is 1.85 bits per heavy atom. The number of fused-ring (bicyclic) bond motifs is 1. The molecule has 0 atom stereocenters. The molecule has 1 fully saturated rings. The van der Waals surface area contributed by atoms with Crippen LogP contribution >= 0.6 is 0 Å². The van der Waals surface area contributed by atoms with Crippen LogP contribution < -0.4 is 9.47 Å². The number of aromatic amines is 1. The van der Waals surface area contributed by atoms with Crippen molar-refractivity contribution < 1.29 is 9.47 Å².